The topological polar surface area (TPSA) is 60.3 Å². The Bertz CT molecular complexity index is 852. The van der Waals surface area contributed by atoms with E-state index in [1.54, 1.807) is 13.2 Å². The molecule has 1 saturated carbocycles. The van der Waals surface area contributed by atoms with Crippen LogP contribution >= 0.6 is 0 Å². The molecule has 2 aromatic rings. The Morgan fingerprint density at radius 1 is 1.21 bits per heavy atom. The lowest BCUT2D eigenvalue weighted by Crippen LogP contribution is -2.38. The first kappa shape index (κ1) is 20.3. The van der Waals surface area contributed by atoms with Crippen molar-refractivity contribution in [2.45, 2.75) is 64.6 Å². The molecule has 1 aliphatic rings. The number of carbonyl (C=O) groups excluding carboxylic acids is 1. The summed E-state index contributed by atoms with van der Waals surface area (Å²) in [4.78, 5) is 25.6. The van der Waals surface area contributed by atoms with E-state index in [0.717, 1.165) is 50.8 Å². The minimum Gasteiger partial charge on any atom is -0.378 e. The molecule has 5 nitrogen and oxygen atoms in total. The zero-order chi connectivity index (χ0) is 19.9. The van der Waals surface area contributed by atoms with Gasteiger partial charge in [-0.05, 0) is 38.2 Å². The highest BCUT2D eigenvalue weighted by molar-refractivity contribution is 5.95. The lowest BCUT2D eigenvalue weighted by Gasteiger charge is -2.21. The Kier molecular flexibility index (Phi) is 7.04. The average molecular weight is 383 g/mol. The molecule has 0 saturated heterocycles. The standard InChI is InChI=1S/C23H30N2O3/c1-17-15-21(26)22(23(27)24-19-12-6-7-13-19)20(16-28-2)25(17)14-8-11-18-9-4-3-5-10-18/h3-5,9-10,15,19H,6-8,11-14,16H2,1-2H3,(H,24,27). The van der Waals surface area contributed by atoms with Crippen LogP contribution in [0.3, 0.4) is 0 Å². The van der Waals surface area contributed by atoms with Crippen molar-refractivity contribution in [2.24, 2.45) is 0 Å². The number of ether oxygens (including phenoxy) is 1. The van der Waals surface area contributed by atoms with Gasteiger partial charge in [-0.1, -0.05) is 43.2 Å². The zero-order valence-electron chi connectivity index (χ0n) is 16.9. The highest BCUT2D eigenvalue weighted by atomic mass is 16.5. The second-order valence-electron chi connectivity index (χ2n) is 7.60. The highest BCUT2D eigenvalue weighted by Gasteiger charge is 2.24. The minimum absolute atomic E-state index is 0.176. The molecule has 0 radical (unpaired) electrons. The number of benzene rings is 1. The number of amides is 1. The van der Waals surface area contributed by atoms with E-state index in [9.17, 15) is 9.59 Å². The van der Waals surface area contributed by atoms with Crippen molar-refractivity contribution in [3.8, 4) is 0 Å². The number of hydrogen-bond acceptors (Lipinski definition) is 3. The molecule has 0 spiro atoms. The molecule has 0 unspecified atom stereocenters. The van der Waals surface area contributed by atoms with E-state index in [2.05, 4.69) is 22.0 Å². The molecule has 0 atom stereocenters. The lowest BCUT2D eigenvalue weighted by atomic mass is 10.1. The molecule has 1 amide bonds. The fourth-order valence-corrected chi connectivity index (χ4v) is 4.08. The first-order valence-electron chi connectivity index (χ1n) is 10.2. The Hall–Kier alpha value is -2.40. The van der Waals surface area contributed by atoms with Crippen molar-refractivity contribution in [3.63, 3.8) is 0 Å². The summed E-state index contributed by atoms with van der Waals surface area (Å²) in [5.41, 5.74) is 2.84. The third-order valence-electron chi connectivity index (χ3n) is 5.52. The molecule has 3 rings (SSSR count). The van der Waals surface area contributed by atoms with Crippen LogP contribution in [0, 0.1) is 6.92 Å². The van der Waals surface area contributed by atoms with Crippen LogP contribution in [-0.2, 0) is 24.3 Å². The summed E-state index contributed by atoms with van der Waals surface area (Å²) >= 11 is 0. The summed E-state index contributed by atoms with van der Waals surface area (Å²) < 4.78 is 7.43. The summed E-state index contributed by atoms with van der Waals surface area (Å²) in [6.45, 7) is 2.90. The van der Waals surface area contributed by atoms with Gasteiger partial charge in [-0.2, -0.15) is 0 Å². The second kappa shape index (κ2) is 9.69. The summed E-state index contributed by atoms with van der Waals surface area (Å²) in [5, 5.41) is 3.06. The molecule has 0 aliphatic heterocycles. The van der Waals surface area contributed by atoms with Gasteiger partial charge in [0.05, 0.1) is 12.3 Å². The first-order chi connectivity index (χ1) is 13.6. The monoisotopic (exact) mass is 382 g/mol. The molecule has 1 N–H and O–H groups in total. The van der Waals surface area contributed by atoms with Crippen LogP contribution in [0.1, 0.15) is 59.4 Å². The van der Waals surface area contributed by atoms with Crippen LogP contribution in [0.2, 0.25) is 0 Å². The van der Waals surface area contributed by atoms with Gasteiger partial charge in [0.2, 0.25) is 0 Å². The Balaban J connectivity index is 1.83. The Morgan fingerprint density at radius 2 is 1.93 bits per heavy atom. The van der Waals surface area contributed by atoms with Gasteiger partial charge in [0, 0.05) is 31.5 Å². The van der Waals surface area contributed by atoms with Crippen LogP contribution in [0.5, 0.6) is 0 Å². The molecule has 1 aliphatic carbocycles. The molecule has 0 bridgehead atoms. The highest BCUT2D eigenvalue weighted by Crippen LogP contribution is 2.19. The van der Waals surface area contributed by atoms with Crippen molar-refractivity contribution in [1.29, 1.82) is 0 Å². The van der Waals surface area contributed by atoms with Gasteiger partial charge in [0.25, 0.3) is 5.91 Å². The summed E-state index contributed by atoms with van der Waals surface area (Å²) in [6.07, 6.45) is 6.11. The summed E-state index contributed by atoms with van der Waals surface area (Å²) in [7, 11) is 1.60. The second-order valence-corrected chi connectivity index (χ2v) is 7.60. The predicted octanol–water partition coefficient (Wildman–Crippen LogP) is 3.61. The number of pyridine rings is 1. The fraction of sp³-hybridized carbons (Fsp3) is 0.478. The predicted molar refractivity (Wildman–Crippen MR) is 111 cm³/mol. The quantitative estimate of drug-likeness (QED) is 0.759. The number of aromatic nitrogens is 1. The molecule has 28 heavy (non-hydrogen) atoms. The third-order valence-corrected chi connectivity index (χ3v) is 5.52. The van der Waals surface area contributed by atoms with Crippen molar-refractivity contribution < 1.29 is 9.53 Å². The van der Waals surface area contributed by atoms with E-state index in [1.807, 2.05) is 25.1 Å². The molecule has 1 fully saturated rings. The molecular weight excluding hydrogens is 352 g/mol. The number of aryl methyl sites for hydroxylation is 2. The van der Waals surface area contributed by atoms with E-state index in [4.69, 9.17) is 4.74 Å². The van der Waals surface area contributed by atoms with Crippen LogP contribution in [0.25, 0.3) is 0 Å². The normalized spacial score (nSPS) is 14.4. The fourth-order valence-electron chi connectivity index (χ4n) is 4.08. The molecule has 5 heteroatoms. The molecular formula is C23H30N2O3. The number of nitrogens with zero attached hydrogens (tertiary/aromatic N) is 1. The van der Waals surface area contributed by atoms with Gasteiger partial charge in [0.1, 0.15) is 5.56 Å². The summed E-state index contributed by atoms with van der Waals surface area (Å²) in [5.74, 6) is -0.263. The molecule has 1 aromatic carbocycles. The minimum atomic E-state index is -0.263. The van der Waals surface area contributed by atoms with Crippen molar-refractivity contribution in [3.05, 3.63) is 69.1 Å². The van der Waals surface area contributed by atoms with Crippen LogP contribution in [0.4, 0.5) is 0 Å². The third kappa shape index (κ3) is 4.90. The number of carbonyl (C=O) groups is 1. The SMILES string of the molecule is COCc1c(C(=O)NC2CCCC2)c(=O)cc(C)n1CCCc1ccccc1. The van der Waals surface area contributed by atoms with Gasteiger partial charge in [-0.15, -0.1) is 0 Å². The van der Waals surface area contributed by atoms with Crippen LogP contribution < -0.4 is 10.7 Å². The first-order valence-corrected chi connectivity index (χ1v) is 10.2. The largest absolute Gasteiger partial charge is 0.378 e. The van der Waals surface area contributed by atoms with Gasteiger partial charge in [-0.3, -0.25) is 9.59 Å². The number of methoxy groups -OCH3 is 1. The summed E-state index contributed by atoms with van der Waals surface area (Å²) in [6, 6.07) is 12.1. The Morgan fingerprint density at radius 3 is 2.61 bits per heavy atom. The van der Waals surface area contributed by atoms with Crippen molar-refractivity contribution >= 4 is 5.91 Å². The van der Waals surface area contributed by atoms with E-state index in [1.165, 1.54) is 5.56 Å². The maximum absolute atomic E-state index is 12.9. The number of nitrogens with one attached hydrogen (secondary N) is 1. The van der Waals surface area contributed by atoms with Crippen LogP contribution in [0.15, 0.2) is 41.2 Å². The Labute approximate surface area is 166 Å². The van der Waals surface area contributed by atoms with Crippen LogP contribution in [-0.4, -0.2) is 23.6 Å². The van der Waals surface area contributed by atoms with E-state index in [0.29, 0.717) is 5.69 Å². The van der Waals surface area contributed by atoms with Gasteiger partial charge in [-0.25, -0.2) is 0 Å². The van der Waals surface area contributed by atoms with Crippen molar-refractivity contribution in [2.75, 3.05) is 7.11 Å². The van der Waals surface area contributed by atoms with Gasteiger partial charge >= 0.3 is 0 Å². The number of rotatable bonds is 8. The van der Waals surface area contributed by atoms with E-state index < -0.39 is 0 Å². The molecule has 1 heterocycles. The van der Waals surface area contributed by atoms with Crippen molar-refractivity contribution in [1.82, 2.24) is 9.88 Å². The van der Waals surface area contributed by atoms with E-state index in [-0.39, 0.29) is 29.5 Å². The maximum atomic E-state index is 12.9. The average Bonchev–Trinajstić information content (AvgIpc) is 3.18. The zero-order valence-corrected chi connectivity index (χ0v) is 16.9. The number of hydrogen-bond donors (Lipinski definition) is 1. The maximum Gasteiger partial charge on any atom is 0.257 e. The molecule has 1 aromatic heterocycles. The lowest BCUT2D eigenvalue weighted by molar-refractivity contribution is 0.0929. The van der Waals surface area contributed by atoms with Gasteiger partial charge < -0.3 is 14.6 Å². The van der Waals surface area contributed by atoms with Gasteiger partial charge in [0.15, 0.2) is 5.43 Å². The van der Waals surface area contributed by atoms with E-state index >= 15 is 0 Å². The smallest absolute Gasteiger partial charge is 0.257 e. The molecule has 150 valence electrons.